The fourth-order valence-corrected chi connectivity index (χ4v) is 1.52. The first-order chi connectivity index (χ1) is 8.79. The van der Waals surface area contributed by atoms with Crippen LogP contribution < -0.4 is 10.5 Å². The van der Waals surface area contributed by atoms with Crippen molar-refractivity contribution in [3.8, 4) is 5.75 Å². The van der Waals surface area contributed by atoms with Gasteiger partial charge in [-0.15, -0.1) is 0 Å². The van der Waals surface area contributed by atoms with E-state index in [1.54, 1.807) is 6.07 Å². The molecule has 0 spiro atoms. The van der Waals surface area contributed by atoms with Crippen molar-refractivity contribution in [2.75, 3.05) is 19.8 Å². The van der Waals surface area contributed by atoms with Gasteiger partial charge in [0.2, 0.25) is 0 Å². The zero-order chi connectivity index (χ0) is 14.5. The molecule has 19 heavy (non-hydrogen) atoms. The molecule has 0 saturated carbocycles. The second kappa shape index (κ2) is 6.77. The van der Waals surface area contributed by atoms with Gasteiger partial charge >= 0.3 is 6.18 Å². The van der Waals surface area contributed by atoms with Gasteiger partial charge in [0, 0.05) is 6.04 Å². The molecule has 0 heterocycles. The minimum absolute atomic E-state index is 0.0668. The molecule has 6 heteroatoms. The predicted octanol–water partition coefficient (Wildman–Crippen LogP) is 2.97. The first-order valence-electron chi connectivity index (χ1n) is 5.93. The molecule has 1 aromatic rings. The molecule has 3 nitrogen and oxygen atoms in total. The molecule has 1 atom stereocenters. The number of ether oxygens (including phenoxy) is 2. The summed E-state index contributed by atoms with van der Waals surface area (Å²) in [6.45, 7) is 2.46. The second-order valence-electron chi connectivity index (χ2n) is 4.33. The largest absolute Gasteiger partial charge is 0.491 e. The zero-order valence-electron chi connectivity index (χ0n) is 11.0. The molecule has 0 aliphatic heterocycles. The molecule has 0 amide bonds. The van der Waals surface area contributed by atoms with Gasteiger partial charge in [0.05, 0.1) is 6.61 Å². The lowest BCUT2D eigenvalue weighted by Gasteiger charge is -2.13. The highest BCUT2D eigenvalue weighted by Gasteiger charge is 2.27. The second-order valence-corrected chi connectivity index (χ2v) is 4.33. The molecular weight excluding hydrogens is 259 g/mol. The topological polar surface area (TPSA) is 44.5 Å². The maximum absolute atomic E-state index is 11.8. The quantitative estimate of drug-likeness (QED) is 0.813. The van der Waals surface area contributed by atoms with Crippen LogP contribution in [-0.2, 0) is 4.74 Å². The summed E-state index contributed by atoms with van der Waals surface area (Å²) in [5, 5.41) is 0. The molecule has 2 N–H and O–H groups in total. The minimum atomic E-state index is -4.30. The summed E-state index contributed by atoms with van der Waals surface area (Å²) in [6.07, 6.45) is -4.30. The summed E-state index contributed by atoms with van der Waals surface area (Å²) in [5.41, 5.74) is 7.62. The van der Waals surface area contributed by atoms with Crippen LogP contribution in [0, 0.1) is 6.92 Å². The maximum Gasteiger partial charge on any atom is 0.411 e. The van der Waals surface area contributed by atoms with Crippen molar-refractivity contribution < 1.29 is 22.6 Å². The Kier molecular flexibility index (Phi) is 5.62. The average Bonchev–Trinajstić information content (AvgIpc) is 2.28. The lowest BCUT2D eigenvalue weighted by Crippen LogP contribution is -2.19. The number of aryl methyl sites for hydroxylation is 1. The van der Waals surface area contributed by atoms with Crippen LogP contribution in [0.15, 0.2) is 18.2 Å². The Morgan fingerprint density at radius 2 is 1.95 bits per heavy atom. The zero-order valence-corrected chi connectivity index (χ0v) is 11.0. The third kappa shape index (κ3) is 5.94. The summed E-state index contributed by atoms with van der Waals surface area (Å²) >= 11 is 0. The summed E-state index contributed by atoms with van der Waals surface area (Å²) in [5.74, 6) is 0.625. The Morgan fingerprint density at radius 3 is 2.47 bits per heavy atom. The van der Waals surface area contributed by atoms with Crippen LogP contribution in [0.5, 0.6) is 5.75 Å². The van der Waals surface area contributed by atoms with Crippen molar-refractivity contribution in [3.05, 3.63) is 29.3 Å². The number of halogens is 3. The van der Waals surface area contributed by atoms with E-state index in [4.69, 9.17) is 10.5 Å². The number of alkyl halides is 3. The van der Waals surface area contributed by atoms with Gasteiger partial charge in [-0.1, -0.05) is 12.1 Å². The number of benzene rings is 1. The molecule has 108 valence electrons. The maximum atomic E-state index is 11.8. The lowest BCUT2D eigenvalue weighted by molar-refractivity contribution is -0.175. The molecule has 0 aliphatic rings. The fourth-order valence-electron chi connectivity index (χ4n) is 1.52. The fraction of sp³-hybridized carbons (Fsp3) is 0.538. The van der Waals surface area contributed by atoms with E-state index in [9.17, 15) is 13.2 Å². The van der Waals surface area contributed by atoms with Crippen LogP contribution in [-0.4, -0.2) is 26.0 Å². The minimum Gasteiger partial charge on any atom is -0.491 e. The van der Waals surface area contributed by atoms with Gasteiger partial charge in [-0.3, -0.25) is 0 Å². The summed E-state index contributed by atoms with van der Waals surface area (Å²) in [4.78, 5) is 0. The molecule has 0 unspecified atom stereocenters. The normalized spacial score (nSPS) is 13.4. The molecule has 1 rings (SSSR count). The first-order valence-corrected chi connectivity index (χ1v) is 5.93. The van der Waals surface area contributed by atoms with Crippen LogP contribution in [0.2, 0.25) is 0 Å². The third-order valence-electron chi connectivity index (χ3n) is 2.48. The van der Waals surface area contributed by atoms with Crippen LogP contribution in [0.4, 0.5) is 13.2 Å². The van der Waals surface area contributed by atoms with Gasteiger partial charge in [-0.2, -0.15) is 13.2 Å². The summed E-state index contributed by atoms with van der Waals surface area (Å²) in [6, 6.07) is 5.43. The Morgan fingerprint density at radius 1 is 1.26 bits per heavy atom. The highest BCUT2D eigenvalue weighted by Crippen LogP contribution is 2.21. The molecule has 0 bridgehead atoms. The van der Waals surface area contributed by atoms with Crippen molar-refractivity contribution in [3.63, 3.8) is 0 Å². The number of hydrogen-bond acceptors (Lipinski definition) is 3. The van der Waals surface area contributed by atoms with E-state index in [1.807, 2.05) is 26.0 Å². The van der Waals surface area contributed by atoms with Crippen molar-refractivity contribution in [2.24, 2.45) is 5.73 Å². The van der Waals surface area contributed by atoms with Crippen molar-refractivity contribution in [1.82, 2.24) is 0 Å². The SMILES string of the molecule is Cc1cc([C@@H](C)N)ccc1OCCOCC(F)(F)F. The van der Waals surface area contributed by atoms with Gasteiger partial charge in [0.15, 0.2) is 0 Å². The molecule has 1 aromatic carbocycles. The van der Waals surface area contributed by atoms with Gasteiger partial charge in [0.1, 0.15) is 19.0 Å². The van der Waals surface area contributed by atoms with E-state index in [-0.39, 0.29) is 19.3 Å². The van der Waals surface area contributed by atoms with E-state index in [1.165, 1.54) is 0 Å². The lowest BCUT2D eigenvalue weighted by atomic mass is 10.1. The summed E-state index contributed by atoms with van der Waals surface area (Å²) in [7, 11) is 0. The molecule has 0 radical (unpaired) electrons. The van der Waals surface area contributed by atoms with Gasteiger partial charge < -0.3 is 15.2 Å². The van der Waals surface area contributed by atoms with E-state index in [0.717, 1.165) is 11.1 Å². The first kappa shape index (κ1) is 15.8. The monoisotopic (exact) mass is 277 g/mol. The highest BCUT2D eigenvalue weighted by atomic mass is 19.4. The van der Waals surface area contributed by atoms with Crippen LogP contribution in [0.3, 0.4) is 0 Å². The predicted molar refractivity (Wildman–Crippen MR) is 66.2 cm³/mol. The highest BCUT2D eigenvalue weighted by molar-refractivity contribution is 5.37. The van der Waals surface area contributed by atoms with Gasteiger partial charge in [-0.25, -0.2) is 0 Å². The van der Waals surface area contributed by atoms with Crippen LogP contribution in [0.25, 0.3) is 0 Å². The Hall–Kier alpha value is -1.27. The molecule has 0 aliphatic carbocycles. The van der Waals surface area contributed by atoms with E-state index in [2.05, 4.69) is 4.74 Å². The molecular formula is C13H18F3NO2. The van der Waals surface area contributed by atoms with Crippen molar-refractivity contribution in [2.45, 2.75) is 26.1 Å². The number of hydrogen-bond donors (Lipinski definition) is 1. The third-order valence-corrected chi connectivity index (χ3v) is 2.48. The molecule has 0 aromatic heterocycles. The van der Waals surface area contributed by atoms with E-state index in [0.29, 0.717) is 5.75 Å². The number of nitrogens with two attached hydrogens (primary N) is 1. The smallest absolute Gasteiger partial charge is 0.411 e. The Balaban J connectivity index is 2.38. The summed E-state index contributed by atoms with van der Waals surface area (Å²) < 4.78 is 45.2. The Bertz CT molecular complexity index is 405. The average molecular weight is 277 g/mol. The van der Waals surface area contributed by atoms with E-state index >= 15 is 0 Å². The number of rotatable bonds is 6. The van der Waals surface area contributed by atoms with E-state index < -0.39 is 12.8 Å². The molecule has 0 fully saturated rings. The Labute approximate surface area is 110 Å². The van der Waals surface area contributed by atoms with Gasteiger partial charge in [-0.05, 0) is 31.0 Å². The van der Waals surface area contributed by atoms with Crippen LogP contribution in [0.1, 0.15) is 24.1 Å². The van der Waals surface area contributed by atoms with Gasteiger partial charge in [0.25, 0.3) is 0 Å². The van der Waals surface area contributed by atoms with Crippen molar-refractivity contribution in [1.29, 1.82) is 0 Å². The van der Waals surface area contributed by atoms with Crippen molar-refractivity contribution >= 4 is 0 Å². The molecule has 0 saturated heterocycles. The standard InChI is InChI=1S/C13H18F3NO2/c1-9-7-11(10(2)17)3-4-12(9)19-6-5-18-8-13(14,15)16/h3-4,7,10H,5-6,8,17H2,1-2H3/t10-/m1/s1. The van der Waals surface area contributed by atoms with Crippen LogP contribution >= 0.6 is 0 Å².